The van der Waals surface area contributed by atoms with Crippen LogP contribution in [-0.4, -0.2) is 38.9 Å². The van der Waals surface area contributed by atoms with E-state index in [-0.39, 0.29) is 17.9 Å². The molecule has 1 aliphatic heterocycles. The van der Waals surface area contributed by atoms with Crippen LogP contribution in [0.5, 0.6) is 0 Å². The standard InChI is InChI=1S/C18H22N4O2/c1-12(2)20-17(23)16-15-14(19-11-21(15)3)9-10-22(16)18(24)13-7-5-4-6-8-13/h4-8,11-12,16H,9-10H2,1-3H3,(H,20,23). The Bertz CT molecular complexity index is 752. The monoisotopic (exact) mass is 326 g/mol. The van der Waals surface area contributed by atoms with Gasteiger partial charge in [0.1, 0.15) is 0 Å². The van der Waals surface area contributed by atoms with Crippen molar-refractivity contribution in [1.82, 2.24) is 19.8 Å². The summed E-state index contributed by atoms with van der Waals surface area (Å²) in [6.45, 7) is 4.30. The predicted molar refractivity (Wildman–Crippen MR) is 90.4 cm³/mol. The van der Waals surface area contributed by atoms with Gasteiger partial charge in [-0.1, -0.05) is 18.2 Å². The number of hydrogen-bond donors (Lipinski definition) is 1. The number of carbonyl (C=O) groups is 2. The molecule has 1 aromatic heterocycles. The first-order valence-electron chi connectivity index (χ1n) is 8.15. The Kier molecular flexibility index (Phi) is 4.38. The third-order valence-corrected chi connectivity index (χ3v) is 4.18. The van der Waals surface area contributed by atoms with Crippen molar-refractivity contribution in [2.24, 2.45) is 7.05 Å². The van der Waals surface area contributed by atoms with Gasteiger partial charge in [-0.25, -0.2) is 4.98 Å². The van der Waals surface area contributed by atoms with Crippen molar-refractivity contribution < 1.29 is 9.59 Å². The van der Waals surface area contributed by atoms with Gasteiger partial charge in [0.25, 0.3) is 5.91 Å². The molecule has 2 amide bonds. The Labute approximate surface area is 141 Å². The second-order valence-corrected chi connectivity index (χ2v) is 6.37. The van der Waals surface area contributed by atoms with Crippen molar-refractivity contribution in [3.63, 3.8) is 0 Å². The first-order chi connectivity index (χ1) is 11.5. The molecule has 0 radical (unpaired) electrons. The lowest BCUT2D eigenvalue weighted by atomic mass is 10.00. The van der Waals surface area contributed by atoms with Crippen LogP contribution in [0.25, 0.3) is 0 Å². The number of hydrogen-bond acceptors (Lipinski definition) is 3. The zero-order valence-corrected chi connectivity index (χ0v) is 14.2. The van der Waals surface area contributed by atoms with Crippen LogP contribution >= 0.6 is 0 Å². The van der Waals surface area contributed by atoms with Crippen molar-refractivity contribution in [1.29, 1.82) is 0 Å². The number of fused-ring (bicyclic) bond motifs is 1. The molecule has 1 atom stereocenters. The van der Waals surface area contributed by atoms with Crippen LogP contribution in [0.2, 0.25) is 0 Å². The van der Waals surface area contributed by atoms with Gasteiger partial charge in [0.15, 0.2) is 6.04 Å². The molecule has 126 valence electrons. The van der Waals surface area contributed by atoms with Gasteiger partial charge in [-0.15, -0.1) is 0 Å². The highest BCUT2D eigenvalue weighted by Crippen LogP contribution is 2.30. The van der Waals surface area contributed by atoms with E-state index in [4.69, 9.17) is 0 Å². The SMILES string of the molecule is CC(C)NC(=O)C1c2c(ncn2C)CCN1C(=O)c1ccccc1. The number of amides is 2. The van der Waals surface area contributed by atoms with E-state index in [2.05, 4.69) is 10.3 Å². The zero-order chi connectivity index (χ0) is 17.3. The van der Waals surface area contributed by atoms with E-state index in [0.29, 0.717) is 18.5 Å². The number of aryl methyl sites for hydroxylation is 1. The van der Waals surface area contributed by atoms with Crippen LogP contribution < -0.4 is 5.32 Å². The van der Waals surface area contributed by atoms with Gasteiger partial charge in [0.05, 0.1) is 17.7 Å². The van der Waals surface area contributed by atoms with Gasteiger partial charge >= 0.3 is 0 Å². The maximum atomic E-state index is 13.0. The summed E-state index contributed by atoms with van der Waals surface area (Å²) in [5, 5.41) is 2.93. The largest absolute Gasteiger partial charge is 0.352 e. The summed E-state index contributed by atoms with van der Waals surface area (Å²) in [5.41, 5.74) is 2.27. The highest BCUT2D eigenvalue weighted by Gasteiger charge is 2.39. The highest BCUT2D eigenvalue weighted by molar-refractivity contribution is 5.98. The Morgan fingerprint density at radius 1 is 1.25 bits per heavy atom. The molecule has 1 aliphatic rings. The molecule has 24 heavy (non-hydrogen) atoms. The molecule has 0 spiro atoms. The maximum absolute atomic E-state index is 13.0. The molecular formula is C18H22N4O2. The van der Waals surface area contributed by atoms with Gasteiger partial charge in [-0.05, 0) is 26.0 Å². The van der Waals surface area contributed by atoms with Crippen molar-refractivity contribution in [3.05, 3.63) is 53.6 Å². The van der Waals surface area contributed by atoms with Crippen molar-refractivity contribution >= 4 is 11.8 Å². The Morgan fingerprint density at radius 3 is 2.62 bits per heavy atom. The average Bonchev–Trinajstić information content (AvgIpc) is 2.95. The Balaban J connectivity index is 2.00. The van der Waals surface area contributed by atoms with E-state index in [1.165, 1.54) is 0 Å². The van der Waals surface area contributed by atoms with Gasteiger partial charge in [-0.3, -0.25) is 9.59 Å². The number of carbonyl (C=O) groups excluding carboxylic acids is 2. The average molecular weight is 326 g/mol. The summed E-state index contributed by atoms with van der Waals surface area (Å²) in [6.07, 6.45) is 2.36. The fraction of sp³-hybridized carbons (Fsp3) is 0.389. The van der Waals surface area contributed by atoms with Crippen molar-refractivity contribution in [3.8, 4) is 0 Å². The van der Waals surface area contributed by atoms with E-state index in [1.54, 1.807) is 23.4 Å². The number of imidazole rings is 1. The first-order valence-corrected chi connectivity index (χ1v) is 8.15. The molecule has 6 heteroatoms. The van der Waals surface area contributed by atoms with E-state index < -0.39 is 6.04 Å². The minimum absolute atomic E-state index is 0.00443. The summed E-state index contributed by atoms with van der Waals surface area (Å²) in [4.78, 5) is 31.8. The molecule has 0 bridgehead atoms. The molecular weight excluding hydrogens is 304 g/mol. The van der Waals surface area contributed by atoms with E-state index in [1.807, 2.05) is 43.7 Å². The number of nitrogens with zero attached hydrogens (tertiary/aromatic N) is 3. The molecule has 0 saturated carbocycles. The maximum Gasteiger partial charge on any atom is 0.254 e. The third-order valence-electron chi connectivity index (χ3n) is 4.18. The topological polar surface area (TPSA) is 67.2 Å². The molecule has 0 saturated heterocycles. The van der Waals surface area contributed by atoms with Crippen molar-refractivity contribution in [2.45, 2.75) is 32.4 Å². The second-order valence-electron chi connectivity index (χ2n) is 6.37. The number of nitrogens with one attached hydrogen (secondary N) is 1. The first kappa shape index (κ1) is 16.2. The Hall–Kier alpha value is -2.63. The van der Waals surface area contributed by atoms with Crippen LogP contribution in [0.3, 0.4) is 0 Å². The molecule has 2 aromatic rings. The second kappa shape index (κ2) is 6.47. The number of aromatic nitrogens is 2. The summed E-state index contributed by atoms with van der Waals surface area (Å²) in [6, 6.07) is 8.43. The fourth-order valence-corrected chi connectivity index (χ4v) is 3.13. The molecule has 6 nitrogen and oxygen atoms in total. The molecule has 1 aromatic carbocycles. The summed E-state index contributed by atoms with van der Waals surface area (Å²) in [7, 11) is 1.86. The van der Waals surface area contributed by atoms with Gasteiger partial charge in [0, 0.05) is 31.6 Å². The lowest BCUT2D eigenvalue weighted by Crippen LogP contribution is -2.49. The predicted octanol–water partition coefficient (Wildman–Crippen LogP) is 1.68. The summed E-state index contributed by atoms with van der Waals surface area (Å²) in [5.74, 6) is -0.301. The summed E-state index contributed by atoms with van der Waals surface area (Å²) >= 11 is 0. The Morgan fingerprint density at radius 2 is 1.96 bits per heavy atom. The molecule has 0 aliphatic carbocycles. The van der Waals surface area contributed by atoms with Crippen molar-refractivity contribution in [2.75, 3.05) is 6.54 Å². The molecule has 2 heterocycles. The van der Waals surface area contributed by atoms with Gasteiger partial charge in [-0.2, -0.15) is 0 Å². The number of rotatable bonds is 3. The minimum Gasteiger partial charge on any atom is -0.352 e. The van der Waals surface area contributed by atoms with Crippen LogP contribution in [0, 0.1) is 0 Å². The quantitative estimate of drug-likeness (QED) is 0.933. The minimum atomic E-state index is -0.656. The molecule has 3 rings (SSSR count). The lowest BCUT2D eigenvalue weighted by Gasteiger charge is -2.35. The smallest absolute Gasteiger partial charge is 0.254 e. The van der Waals surface area contributed by atoms with Crippen LogP contribution in [0.4, 0.5) is 0 Å². The fourth-order valence-electron chi connectivity index (χ4n) is 3.13. The van der Waals surface area contributed by atoms with E-state index >= 15 is 0 Å². The summed E-state index contributed by atoms with van der Waals surface area (Å²) < 4.78 is 1.84. The normalized spacial score (nSPS) is 16.8. The van der Waals surface area contributed by atoms with E-state index in [0.717, 1.165) is 11.4 Å². The van der Waals surface area contributed by atoms with Gasteiger partial charge in [0.2, 0.25) is 5.91 Å². The van der Waals surface area contributed by atoms with Gasteiger partial charge < -0.3 is 14.8 Å². The van der Waals surface area contributed by atoms with Crippen LogP contribution in [0.1, 0.15) is 41.6 Å². The van der Waals surface area contributed by atoms with Crippen LogP contribution in [-0.2, 0) is 18.3 Å². The number of benzene rings is 1. The van der Waals surface area contributed by atoms with Crippen LogP contribution in [0.15, 0.2) is 36.7 Å². The molecule has 1 N–H and O–H groups in total. The molecule has 0 fully saturated rings. The van der Waals surface area contributed by atoms with E-state index in [9.17, 15) is 9.59 Å². The lowest BCUT2D eigenvalue weighted by molar-refractivity contribution is -0.127. The molecule has 1 unspecified atom stereocenters. The highest BCUT2D eigenvalue weighted by atomic mass is 16.2. The third kappa shape index (κ3) is 2.91. The zero-order valence-electron chi connectivity index (χ0n) is 14.2.